The van der Waals surface area contributed by atoms with Gasteiger partial charge in [0.25, 0.3) is 0 Å². The van der Waals surface area contributed by atoms with Crippen LogP contribution in [-0.2, 0) is 6.54 Å². The molecule has 1 aromatic carbocycles. The topological polar surface area (TPSA) is 12.0 Å². The molecule has 0 saturated heterocycles. The molecule has 84 valence electrons. The second-order valence-electron chi connectivity index (χ2n) is 4.29. The van der Waals surface area contributed by atoms with Crippen molar-refractivity contribution in [2.24, 2.45) is 0 Å². The van der Waals surface area contributed by atoms with Crippen molar-refractivity contribution >= 4 is 11.6 Å². The molecule has 0 aliphatic heterocycles. The Labute approximate surface area is 97.8 Å². The van der Waals surface area contributed by atoms with Crippen LogP contribution in [0.4, 0.5) is 0 Å². The number of rotatable bonds is 5. The first-order valence-electron chi connectivity index (χ1n) is 5.51. The Balaban J connectivity index is 2.36. The lowest BCUT2D eigenvalue weighted by molar-refractivity contribution is 0.511. The van der Waals surface area contributed by atoms with Gasteiger partial charge < -0.3 is 5.32 Å². The fourth-order valence-corrected chi connectivity index (χ4v) is 1.95. The van der Waals surface area contributed by atoms with Crippen LogP contribution in [0.5, 0.6) is 0 Å². The first kappa shape index (κ1) is 12.5. The van der Waals surface area contributed by atoms with Gasteiger partial charge in [0.2, 0.25) is 0 Å². The highest BCUT2D eigenvalue weighted by molar-refractivity contribution is 6.20. The predicted molar refractivity (Wildman–Crippen MR) is 67.4 cm³/mol. The van der Waals surface area contributed by atoms with Crippen molar-refractivity contribution in [2.75, 3.05) is 0 Å². The summed E-state index contributed by atoms with van der Waals surface area (Å²) < 4.78 is 0. The van der Waals surface area contributed by atoms with Gasteiger partial charge in [-0.05, 0) is 32.8 Å². The Hall–Kier alpha value is -0.530. The molecule has 2 unspecified atom stereocenters. The number of hydrogen-bond donors (Lipinski definition) is 1. The summed E-state index contributed by atoms with van der Waals surface area (Å²) >= 11 is 5.94. The van der Waals surface area contributed by atoms with Gasteiger partial charge in [-0.2, -0.15) is 0 Å². The number of aryl methyl sites for hydroxylation is 1. The van der Waals surface area contributed by atoms with Crippen LogP contribution in [0.3, 0.4) is 0 Å². The minimum absolute atomic E-state index is 0.241. The van der Waals surface area contributed by atoms with Crippen molar-refractivity contribution in [3.8, 4) is 0 Å². The van der Waals surface area contributed by atoms with Gasteiger partial charge in [-0.3, -0.25) is 0 Å². The van der Waals surface area contributed by atoms with Gasteiger partial charge in [0, 0.05) is 18.0 Å². The molecule has 1 rings (SSSR count). The molecule has 1 aromatic rings. The molecule has 2 atom stereocenters. The van der Waals surface area contributed by atoms with Gasteiger partial charge in [-0.25, -0.2) is 0 Å². The highest BCUT2D eigenvalue weighted by atomic mass is 35.5. The number of halogens is 1. The summed E-state index contributed by atoms with van der Waals surface area (Å²) in [5.41, 5.74) is 2.65. The van der Waals surface area contributed by atoms with Gasteiger partial charge in [0.1, 0.15) is 0 Å². The number of hydrogen-bond acceptors (Lipinski definition) is 1. The van der Waals surface area contributed by atoms with Gasteiger partial charge in [-0.15, -0.1) is 11.6 Å². The summed E-state index contributed by atoms with van der Waals surface area (Å²) in [5.74, 6) is 0. The van der Waals surface area contributed by atoms with E-state index in [-0.39, 0.29) is 5.38 Å². The molecule has 0 fully saturated rings. The largest absolute Gasteiger partial charge is 0.310 e. The molecule has 0 aliphatic carbocycles. The van der Waals surface area contributed by atoms with Crippen molar-refractivity contribution in [3.63, 3.8) is 0 Å². The second-order valence-corrected chi connectivity index (χ2v) is 5.03. The average molecular weight is 226 g/mol. The van der Waals surface area contributed by atoms with Crippen molar-refractivity contribution in [3.05, 3.63) is 35.4 Å². The first-order valence-corrected chi connectivity index (χ1v) is 5.94. The number of alkyl halides is 1. The molecular formula is C13H20ClN. The van der Waals surface area contributed by atoms with Crippen LogP contribution >= 0.6 is 11.6 Å². The van der Waals surface area contributed by atoms with E-state index in [1.54, 1.807) is 0 Å². The van der Waals surface area contributed by atoms with Crippen LogP contribution in [0.25, 0.3) is 0 Å². The quantitative estimate of drug-likeness (QED) is 0.757. The van der Waals surface area contributed by atoms with Crippen LogP contribution in [0, 0.1) is 6.92 Å². The molecule has 15 heavy (non-hydrogen) atoms. The lowest BCUT2D eigenvalue weighted by Gasteiger charge is -2.15. The zero-order valence-corrected chi connectivity index (χ0v) is 10.5. The molecule has 0 amide bonds. The third kappa shape index (κ3) is 5.19. The smallest absolute Gasteiger partial charge is 0.0322 e. The summed E-state index contributed by atoms with van der Waals surface area (Å²) in [6, 6.07) is 9.05. The number of benzene rings is 1. The maximum Gasteiger partial charge on any atom is 0.0322 e. The standard InChI is InChI=1S/C13H20ClN/c1-10-5-4-6-13(7-10)9-15-12(3)8-11(2)14/h4-7,11-12,15H,8-9H2,1-3H3. The molecule has 0 bridgehead atoms. The van der Waals surface area contributed by atoms with Crippen molar-refractivity contribution in [2.45, 2.75) is 45.2 Å². The van der Waals surface area contributed by atoms with E-state index in [9.17, 15) is 0 Å². The Morgan fingerprint density at radius 1 is 1.33 bits per heavy atom. The van der Waals surface area contributed by atoms with Crippen molar-refractivity contribution in [1.82, 2.24) is 5.32 Å². The normalized spacial score (nSPS) is 14.9. The lowest BCUT2D eigenvalue weighted by Crippen LogP contribution is -2.27. The van der Waals surface area contributed by atoms with Crippen LogP contribution in [-0.4, -0.2) is 11.4 Å². The van der Waals surface area contributed by atoms with Crippen LogP contribution in [0.15, 0.2) is 24.3 Å². The molecule has 0 aliphatic rings. The summed E-state index contributed by atoms with van der Waals surface area (Å²) in [7, 11) is 0. The molecule has 0 radical (unpaired) electrons. The second kappa shape index (κ2) is 6.14. The first-order chi connectivity index (χ1) is 7.08. The summed E-state index contributed by atoms with van der Waals surface area (Å²) in [6.45, 7) is 7.25. The maximum atomic E-state index is 5.94. The zero-order chi connectivity index (χ0) is 11.3. The van der Waals surface area contributed by atoms with E-state index in [1.807, 2.05) is 6.92 Å². The maximum absolute atomic E-state index is 5.94. The van der Waals surface area contributed by atoms with Crippen LogP contribution < -0.4 is 5.32 Å². The van der Waals surface area contributed by atoms with Crippen LogP contribution in [0.2, 0.25) is 0 Å². The van der Waals surface area contributed by atoms with E-state index in [1.165, 1.54) is 11.1 Å². The Morgan fingerprint density at radius 3 is 2.67 bits per heavy atom. The lowest BCUT2D eigenvalue weighted by atomic mass is 10.1. The minimum Gasteiger partial charge on any atom is -0.310 e. The highest BCUT2D eigenvalue weighted by Gasteiger charge is 2.05. The fraction of sp³-hybridized carbons (Fsp3) is 0.538. The van der Waals surface area contributed by atoms with Crippen molar-refractivity contribution < 1.29 is 0 Å². The van der Waals surface area contributed by atoms with Gasteiger partial charge in [0.05, 0.1) is 0 Å². The zero-order valence-electron chi connectivity index (χ0n) is 9.76. The fourth-order valence-electron chi connectivity index (χ4n) is 1.68. The van der Waals surface area contributed by atoms with Crippen LogP contribution in [0.1, 0.15) is 31.4 Å². The summed E-state index contributed by atoms with van der Waals surface area (Å²) in [6.07, 6.45) is 1.01. The molecule has 1 N–H and O–H groups in total. The Morgan fingerprint density at radius 2 is 2.07 bits per heavy atom. The minimum atomic E-state index is 0.241. The SMILES string of the molecule is Cc1cccc(CNC(C)CC(C)Cl)c1. The van der Waals surface area contributed by atoms with Gasteiger partial charge >= 0.3 is 0 Å². The van der Waals surface area contributed by atoms with Gasteiger partial charge in [-0.1, -0.05) is 29.8 Å². The third-order valence-electron chi connectivity index (χ3n) is 2.42. The molecule has 0 aromatic heterocycles. The molecule has 0 spiro atoms. The van der Waals surface area contributed by atoms with E-state index in [4.69, 9.17) is 11.6 Å². The molecule has 0 heterocycles. The van der Waals surface area contributed by atoms with E-state index in [2.05, 4.69) is 43.4 Å². The third-order valence-corrected chi connectivity index (χ3v) is 2.59. The van der Waals surface area contributed by atoms with Gasteiger partial charge in [0.15, 0.2) is 0 Å². The molecule has 1 nitrogen and oxygen atoms in total. The van der Waals surface area contributed by atoms with E-state index >= 15 is 0 Å². The van der Waals surface area contributed by atoms with E-state index in [0.717, 1.165) is 13.0 Å². The molecular weight excluding hydrogens is 206 g/mol. The Kier molecular flexibility index (Phi) is 5.13. The monoisotopic (exact) mass is 225 g/mol. The molecule has 2 heteroatoms. The molecule has 0 saturated carbocycles. The Bertz CT molecular complexity index is 296. The van der Waals surface area contributed by atoms with E-state index < -0.39 is 0 Å². The number of nitrogens with one attached hydrogen (secondary N) is 1. The highest BCUT2D eigenvalue weighted by Crippen LogP contribution is 2.07. The summed E-state index contributed by atoms with van der Waals surface area (Å²) in [4.78, 5) is 0. The van der Waals surface area contributed by atoms with Crippen molar-refractivity contribution in [1.29, 1.82) is 0 Å². The summed E-state index contributed by atoms with van der Waals surface area (Å²) in [5, 5.41) is 3.71. The predicted octanol–water partition coefficient (Wildman–Crippen LogP) is 3.49. The van der Waals surface area contributed by atoms with E-state index in [0.29, 0.717) is 6.04 Å². The average Bonchev–Trinajstić information content (AvgIpc) is 2.14.